The van der Waals surface area contributed by atoms with Gasteiger partial charge in [-0.2, -0.15) is 5.26 Å². The molecule has 27 heavy (non-hydrogen) atoms. The number of anilines is 1. The Balaban J connectivity index is 1.75. The molecule has 1 aromatic heterocycles. The van der Waals surface area contributed by atoms with Crippen LogP contribution in [0.25, 0.3) is 10.1 Å². The molecule has 3 aromatic rings. The maximum atomic E-state index is 13.3. The van der Waals surface area contributed by atoms with Crippen molar-refractivity contribution in [1.29, 1.82) is 5.26 Å². The zero-order valence-electron chi connectivity index (χ0n) is 14.0. The molecule has 0 bridgehead atoms. The van der Waals surface area contributed by atoms with Crippen LogP contribution in [0.4, 0.5) is 10.1 Å². The molecule has 0 aliphatic heterocycles. The van der Waals surface area contributed by atoms with Crippen LogP contribution in [0.2, 0.25) is 5.02 Å². The van der Waals surface area contributed by atoms with Crippen molar-refractivity contribution in [2.45, 2.75) is 13.0 Å². The molecule has 136 valence electrons. The van der Waals surface area contributed by atoms with Gasteiger partial charge in [-0.25, -0.2) is 9.18 Å². The van der Waals surface area contributed by atoms with E-state index >= 15 is 0 Å². The predicted molar refractivity (Wildman–Crippen MR) is 101 cm³/mol. The van der Waals surface area contributed by atoms with Crippen LogP contribution in [0.5, 0.6) is 0 Å². The summed E-state index contributed by atoms with van der Waals surface area (Å²) in [6, 6.07) is 12.4. The van der Waals surface area contributed by atoms with Crippen molar-refractivity contribution in [2.75, 3.05) is 5.32 Å². The lowest BCUT2D eigenvalue weighted by atomic mass is 10.2. The molecule has 5 nitrogen and oxygen atoms in total. The van der Waals surface area contributed by atoms with Gasteiger partial charge in [0, 0.05) is 10.1 Å². The van der Waals surface area contributed by atoms with E-state index in [0.29, 0.717) is 21.3 Å². The number of carbonyl (C=O) groups is 2. The lowest BCUT2D eigenvalue weighted by Gasteiger charge is -2.13. The number of carbonyl (C=O) groups excluding carboxylic acids is 2. The summed E-state index contributed by atoms with van der Waals surface area (Å²) in [5.41, 5.74) is 0.613. The van der Waals surface area contributed by atoms with Crippen molar-refractivity contribution in [1.82, 2.24) is 0 Å². The number of halogens is 2. The largest absolute Gasteiger partial charge is 0.448 e. The lowest BCUT2D eigenvalue weighted by Crippen LogP contribution is -2.30. The molecule has 3 rings (SSSR count). The number of ether oxygens (including phenoxy) is 1. The number of hydrogen-bond acceptors (Lipinski definition) is 5. The summed E-state index contributed by atoms with van der Waals surface area (Å²) in [5.74, 6) is -1.81. The fraction of sp³-hybridized carbons (Fsp3) is 0.105. The zero-order valence-corrected chi connectivity index (χ0v) is 15.5. The minimum Gasteiger partial charge on any atom is -0.448 e. The van der Waals surface area contributed by atoms with Gasteiger partial charge in [0.05, 0.1) is 16.3 Å². The van der Waals surface area contributed by atoms with Gasteiger partial charge < -0.3 is 10.1 Å². The summed E-state index contributed by atoms with van der Waals surface area (Å²) in [4.78, 5) is 24.8. The second kappa shape index (κ2) is 7.74. The Bertz CT molecular complexity index is 1090. The van der Waals surface area contributed by atoms with Gasteiger partial charge in [-0.15, -0.1) is 11.3 Å². The summed E-state index contributed by atoms with van der Waals surface area (Å²) in [7, 11) is 0. The summed E-state index contributed by atoms with van der Waals surface area (Å²) in [5, 5.41) is 12.3. The normalized spacial score (nSPS) is 11.6. The Morgan fingerprint density at radius 2 is 2.04 bits per heavy atom. The summed E-state index contributed by atoms with van der Waals surface area (Å²) >= 11 is 7.18. The number of benzene rings is 2. The van der Waals surface area contributed by atoms with E-state index in [1.165, 1.54) is 25.1 Å². The van der Waals surface area contributed by atoms with E-state index in [1.54, 1.807) is 24.3 Å². The van der Waals surface area contributed by atoms with Crippen molar-refractivity contribution >= 4 is 50.6 Å². The van der Waals surface area contributed by atoms with Gasteiger partial charge >= 0.3 is 5.97 Å². The van der Waals surface area contributed by atoms with Gasteiger partial charge in [-0.1, -0.05) is 23.7 Å². The highest BCUT2D eigenvalue weighted by atomic mass is 35.5. The second-order valence-corrected chi connectivity index (χ2v) is 7.01. The Morgan fingerprint density at radius 3 is 2.78 bits per heavy atom. The quantitative estimate of drug-likeness (QED) is 0.638. The molecule has 1 amide bonds. The first-order valence-corrected chi connectivity index (χ1v) is 8.98. The van der Waals surface area contributed by atoms with Gasteiger partial charge in [-0.05, 0) is 37.3 Å². The fourth-order valence-electron chi connectivity index (χ4n) is 2.36. The number of hydrogen-bond donors (Lipinski definition) is 1. The van der Waals surface area contributed by atoms with Gasteiger partial charge in [0.2, 0.25) is 0 Å². The van der Waals surface area contributed by atoms with Crippen molar-refractivity contribution in [3.05, 3.63) is 63.7 Å². The van der Waals surface area contributed by atoms with Gasteiger partial charge in [0.1, 0.15) is 16.8 Å². The molecule has 0 radical (unpaired) electrons. The third-order valence-corrected chi connectivity index (χ3v) is 5.37. The predicted octanol–water partition coefficient (Wildman–Crippen LogP) is 4.75. The second-order valence-electron chi connectivity index (χ2n) is 5.58. The topological polar surface area (TPSA) is 79.2 Å². The first-order valence-electron chi connectivity index (χ1n) is 7.79. The molecule has 1 unspecified atom stereocenters. The monoisotopic (exact) mass is 402 g/mol. The number of fused-ring (bicyclic) bond motifs is 1. The molecule has 1 N–H and O–H groups in total. The van der Waals surface area contributed by atoms with E-state index in [9.17, 15) is 14.0 Å². The molecular formula is C19H12ClFN2O3S. The Labute approximate surface area is 162 Å². The van der Waals surface area contributed by atoms with Crippen molar-refractivity contribution in [2.24, 2.45) is 0 Å². The van der Waals surface area contributed by atoms with Gasteiger partial charge in [-0.3, -0.25) is 4.79 Å². The molecule has 0 aliphatic rings. The fourth-order valence-corrected chi connectivity index (χ4v) is 3.78. The third-order valence-electron chi connectivity index (χ3n) is 3.74. The Hall–Kier alpha value is -2.95. The molecule has 0 spiro atoms. The van der Waals surface area contributed by atoms with E-state index in [0.717, 1.165) is 11.3 Å². The molecule has 0 saturated heterocycles. The molecule has 2 aromatic carbocycles. The number of rotatable bonds is 4. The van der Waals surface area contributed by atoms with Crippen LogP contribution in [-0.2, 0) is 9.53 Å². The lowest BCUT2D eigenvalue weighted by molar-refractivity contribution is -0.123. The molecule has 0 aliphatic carbocycles. The summed E-state index contributed by atoms with van der Waals surface area (Å²) < 4.78 is 19.0. The highest BCUT2D eigenvalue weighted by molar-refractivity contribution is 7.21. The highest BCUT2D eigenvalue weighted by Crippen LogP contribution is 2.36. The van der Waals surface area contributed by atoms with Crippen molar-refractivity contribution in [3.8, 4) is 6.07 Å². The Kier molecular flexibility index (Phi) is 5.40. The average Bonchev–Trinajstić information content (AvgIpc) is 2.98. The SMILES string of the molecule is CC(OC(=O)c1sc2cc(F)ccc2c1Cl)C(=O)Nc1ccccc1C#N. The summed E-state index contributed by atoms with van der Waals surface area (Å²) in [6.07, 6.45) is -1.12. The van der Waals surface area contributed by atoms with Crippen LogP contribution in [0, 0.1) is 17.1 Å². The maximum Gasteiger partial charge on any atom is 0.350 e. The number of nitrogens with one attached hydrogen (secondary N) is 1. The van der Waals surface area contributed by atoms with E-state index < -0.39 is 23.8 Å². The summed E-state index contributed by atoms with van der Waals surface area (Å²) in [6.45, 7) is 1.41. The zero-order chi connectivity index (χ0) is 19.6. The number of para-hydroxylation sites is 1. The maximum absolute atomic E-state index is 13.3. The number of nitrogens with zero attached hydrogens (tertiary/aromatic N) is 1. The minimum absolute atomic E-state index is 0.0920. The first kappa shape index (κ1) is 18.8. The van der Waals surface area contributed by atoms with Crippen LogP contribution in [-0.4, -0.2) is 18.0 Å². The van der Waals surface area contributed by atoms with Gasteiger partial charge in [0.25, 0.3) is 5.91 Å². The molecule has 0 saturated carbocycles. The minimum atomic E-state index is -1.12. The number of thiophene rings is 1. The van der Waals surface area contributed by atoms with E-state index in [4.69, 9.17) is 21.6 Å². The molecular weight excluding hydrogens is 391 g/mol. The molecule has 0 fully saturated rings. The third kappa shape index (κ3) is 3.92. The smallest absolute Gasteiger partial charge is 0.350 e. The molecule has 1 heterocycles. The number of esters is 1. The number of amides is 1. The van der Waals surface area contributed by atoms with Crippen LogP contribution in [0.3, 0.4) is 0 Å². The van der Waals surface area contributed by atoms with Crippen molar-refractivity contribution in [3.63, 3.8) is 0 Å². The number of nitriles is 1. The van der Waals surface area contributed by atoms with E-state index in [2.05, 4.69) is 5.32 Å². The van der Waals surface area contributed by atoms with Crippen LogP contribution in [0.15, 0.2) is 42.5 Å². The molecule has 8 heteroatoms. The van der Waals surface area contributed by atoms with E-state index in [-0.39, 0.29) is 9.90 Å². The van der Waals surface area contributed by atoms with Crippen molar-refractivity contribution < 1.29 is 18.7 Å². The standard InChI is InChI=1S/C19H12ClFN2O3S/c1-10(18(24)23-14-5-3-2-4-11(14)9-22)26-19(25)17-16(20)13-7-6-12(21)8-15(13)27-17/h2-8,10H,1H3,(H,23,24). The molecule has 1 atom stereocenters. The van der Waals surface area contributed by atoms with E-state index in [1.807, 2.05) is 6.07 Å². The van der Waals surface area contributed by atoms with Crippen LogP contribution < -0.4 is 5.32 Å². The average molecular weight is 403 g/mol. The van der Waals surface area contributed by atoms with Gasteiger partial charge in [0.15, 0.2) is 6.10 Å². The van der Waals surface area contributed by atoms with Crippen LogP contribution in [0.1, 0.15) is 22.2 Å². The van der Waals surface area contributed by atoms with Crippen LogP contribution >= 0.6 is 22.9 Å². The highest BCUT2D eigenvalue weighted by Gasteiger charge is 2.24. The first-order chi connectivity index (χ1) is 12.9. The Morgan fingerprint density at radius 1 is 1.30 bits per heavy atom.